The lowest BCUT2D eigenvalue weighted by Gasteiger charge is -2.32. The van der Waals surface area contributed by atoms with Crippen molar-refractivity contribution in [2.24, 2.45) is 0 Å². The number of benzene rings is 2. The van der Waals surface area contributed by atoms with Gasteiger partial charge in [0.25, 0.3) is 5.91 Å². The van der Waals surface area contributed by atoms with Gasteiger partial charge in [0.15, 0.2) is 0 Å². The van der Waals surface area contributed by atoms with E-state index in [0.29, 0.717) is 28.6 Å². The third-order valence-electron chi connectivity index (χ3n) is 5.40. The molecule has 0 bridgehead atoms. The molecule has 152 valence electrons. The molecule has 1 fully saturated rings. The molecule has 2 aromatic carbocycles. The molecule has 3 amide bonds. The van der Waals surface area contributed by atoms with Gasteiger partial charge in [-0.15, -0.1) is 0 Å². The summed E-state index contributed by atoms with van der Waals surface area (Å²) in [4.78, 5) is 26.6. The Labute approximate surface area is 178 Å². The van der Waals surface area contributed by atoms with Crippen molar-refractivity contribution in [3.63, 3.8) is 0 Å². The minimum Gasteiger partial charge on any atom is -0.489 e. The number of β-amino-alcohol motifs (C(OH)–C–C–N with tert-alkyl or cyclic N) is 1. The number of halogens is 2. The number of fused-ring (bicyclic) bond motifs is 1. The smallest absolute Gasteiger partial charge is 0.325 e. The Morgan fingerprint density at radius 1 is 1.17 bits per heavy atom. The van der Waals surface area contributed by atoms with E-state index in [1.165, 1.54) is 5.56 Å². The topological polar surface area (TPSA) is 78.9 Å². The van der Waals surface area contributed by atoms with Crippen molar-refractivity contribution in [3.05, 3.63) is 63.6 Å². The van der Waals surface area contributed by atoms with Crippen LogP contribution in [0.15, 0.2) is 42.5 Å². The van der Waals surface area contributed by atoms with Crippen LogP contribution in [-0.2, 0) is 17.6 Å². The second kappa shape index (κ2) is 7.86. The maximum atomic E-state index is 13.1. The first-order chi connectivity index (χ1) is 13.9. The average molecular weight is 435 g/mol. The average Bonchev–Trinajstić information content (AvgIpc) is 2.92. The Morgan fingerprint density at radius 3 is 2.72 bits per heavy atom. The van der Waals surface area contributed by atoms with Crippen LogP contribution < -0.4 is 10.1 Å². The van der Waals surface area contributed by atoms with Crippen LogP contribution in [0.4, 0.5) is 4.79 Å². The number of ether oxygens (including phenoxy) is 1. The van der Waals surface area contributed by atoms with Crippen LogP contribution in [0.5, 0.6) is 5.75 Å². The van der Waals surface area contributed by atoms with E-state index < -0.39 is 17.7 Å². The van der Waals surface area contributed by atoms with Gasteiger partial charge < -0.3 is 15.2 Å². The lowest BCUT2D eigenvalue weighted by Crippen LogP contribution is -2.51. The zero-order valence-electron chi connectivity index (χ0n) is 15.5. The lowest BCUT2D eigenvalue weighted by molar-refractivity contribution is -0.132. The molecule has 1 aliphatic carbocycles. The van der Waals surface area contributed by atoms with E-state index in [0.717, 1.165) is 16.9 Å². The number of urea groups is 1. The van der Waals surface area contributed by atoms with Crippen molar-refractivity contribution in [2.45, 2.75) is 30.9 Å². The summed E-state index contributed by atoms with van der Waals surface area (Å²) in [5.74, 6) is 0.0209. The van der Waals surface area contributed by atoms with Crippen LogP contribution in [-0.4, -0.2) is 46.7 Å². The first-order valence-electron chi connectivity index (χ1n) is 9.35. The van der Waals surface area contributed by atoms with Gasteiger partial charge in [-0.05, 0) is 36.1 Å². The van der Waals surface area contributed by atoms with Gasteiger partial charge in [0.2, 0.25) is 0 Å². The number of imide groups is 1. The fraction of sp³-hybridized carbons (Fsp3) is 0.333. The van der Waals surface area contributed by atoms with Crippen LogP contribution in [0, 0.1) is 0 Å². The molecule has 2 unspecified atom stereocenters. The molecule has 8 heteroatoms. The van der Waals surface area contributed by atoms with Gasteiger partial charge in [-0.2, -0.15) is 0 Å². The number of nitrogens with zero attached hydrogens (tertiary/aromatic N) is 1. The van der Waals surface area contributed by atoms with Crippen molar-refractivity contribution < 1.29 is 19.4 Å². The zero-order chi connectivity index (χ0) is 20.6. The van der Waals surface area contributed by atoms with Crippen molar-refractivity contribution in [3.8, 4) is 5.75 Å². The molecule has 6 nitrogen and oxygen atoms in total. The number of rotatable bonds is 5. The molecule has 2 aromatic rings. The highest BCUT2D eigenvalue weighted by Crippen LogP contribution is 2.34. The molecule has 2 atom stereocenters. The van der Waals surface area contributed by atoms with Crippen molar-refractivity contribution in [2.75, 3.05) is 13.2 Å². The lowest BCUT2D eigenvalue weighted by atomic mass is 9.78. The summed E-state index contributed by atoms with van der Waals surface area (Å²) < 4.78 is 5.51. The van der Waals surface area contributed by atoms with Gasteiger partial charge in [0.05, 0.1) is 11.6 Å². The highest BCUT2D eigenvalue weighted by molar-refractivity contribution is 6.34. The molecular weight excluding hydrogens is 415 g/mol. The number of carbonyl (C=O) groups excluding carboxylic acids is 2. The minimum absolute atomic E-state index is 0.132. The third kappa shape index (κ3) is 3.92. The first kappa shape index (κ1) is 20.0. The van der Waals surface area contributed by atoms with Gasteiger partial charge in [-0.1, -0.05) is 47.5 Å². The third-order valence-corrected chi connectivity index (χ3v) is 5.94. The molecule has 1 saturated heterocycles. The maximum Gasteiger partial charge on any atom is 0.325 e. The summed E-state index contributed by atoms with van der Waals surface area (Å²) >= 11 is 12.0. The number of aliphatic hydroxyl groups excluding tert-OH is 1. The van der Waals surface area contributed by atoms with E-state index >= 15 is 0 Å². The minimum atomic E-state index is -1.06. The molecule has 2 N–H and O–H groups in total. The summed E-state index contributed by atoms with van der Waals surface area (Å²) in [7, 11) is 0. The van der Waals surface area contributed by atoms with Crippen LogP contribution in [0.25, 0.3) is 0 Å². The first-order valence-corrected chi connectivity index (χ1v) is 10.1. The molecule has 1 spiro atoms. The Bertz CT molecular complexity index is 967. The molecule has 1 heterocycles. The van der Waals surface area contributed by atoms with E-state index in [4.69, 9.17) is 27.9 Å². The summed E-state index contributed by atoms with van der Waals surface area (Å²) in [5.41, 5.74) is 1.32. The number of hydrogen-bond donors (Lipinski definition) is 2. The Kier molecular flexibility index (Phi) is 5.42. The number of aliphatic hydroxyl groups is 1. The van der Waals surface area contributed by atoms with E-state index in [1.807, 2.05) is 24.3 Å². The highest BCUT2D eigenvalue weighted by atomic mass is 35.5. The van der Waals surface area contributed by atoms with Crippen molar-refractivity contribution in [1.29, 1.82) is 0 Å². The zero-order valence-corrected chi connectivity index (χ0v) is 17.0. The molecule has 29 heavy (non-hydrogen) atoms. The molecule has 0 aromatic heterocycles. The predicted molar refractivity (Wildman–Crippen MR) is 109 cm³/mol. The van der Waals surface area contributed by atoms with Gasteiger partial charge >= 0.3 is 6.03 Å². The van der Waals surface area contributed by atoms with E-state index in [9.17, 15) is 14.7 Å². The van der Waals surface area contributed by atoms with Gasteiger partial charge in [-0.3, -0.25) is 9.69 Å². The fourth-order valence-corrected chi connectivity index (χ4v) is 4.24. The molecule has 0 radical (unpaired) electrons. The van der Waals surface area contributed by atoms with E-state index in [-0.39, 0.29) is 19.1 Å². The van der Waals surface area contributed by atoms with Crippen LogP contribution in [0.2, 0.25) is 10.0 Å². The monoisotopic (exact) mass is 434 g/mol. The molecule has 1 aliphatic heterocycles. The van der Waals surface area contributed by atoms with Crippen molar-refractivity contribution >= 4 is 35.1 Å². The largest absolute Gasteiger partial charge is 0.489 e. The second-order valence-corrected chi connectivity index (χ2v) is 8.26. The maximum absolute atomic E-state index is 13.1. The molecule has 2 aliphatic rings. The SMILES string of the molecule is O=C1NC2(CCc3ccccc3C2)C(=O)N1CC(O)COc1cc(Cl)ccc1Cl. The standard InChI is InChI=1S/C21H20Cl2N2O4/c22-15-5-6-17(23)18(9-15)29-12-16(26)11-25-19(27)21(24-20(25)28)8-7-13-3-1-2-4-14(13)10-21/h1-6,9,16,26H,7-8,10-12H2,(H,24,28). The quantitative estimate of drug-likeness (QED) is 0.708. The number of hydrogen-bond acceptors (Lipinski definition) is 4. The van der Waals surface area contributed by atoms with Gasteiger partial charge in [-0.25, -0.2) is 4.79 Å². The fourth-order valence-electron chi connectivity index (χ4n) is 3.90. The molecular formula is C21H20Cl2N2O4. The number of nitrogens with one attached hydrogen (secondary N) is 1. The Hall–Kier alpha value is -2.28. The summed E-state index contributed by atoms with van der Waals surface area (Å²) in [5, 5.41) is 14.0. The summed E-state index contributed by atoms with van der Waals surface area (Å²) in [6.45, 7) is -0.292. The Morgan fingerprint density at radius 2 is 1.93 bits per heavy atom. The molecule has 0 saturated carbocycles. The number of aryl methyl sites for hydroxylation is 1. The summed E-state index contributed by atoms with van der Waals surface area (Å²) in [6.07, 6.45) is 0.644. The second-order valence-electron chi connectivity index (χ2n) is 7.41. The molecule has 4 rings (SSSR count). The van der Waals surface area contributed by atoms with Crippen molar-refractivity contribution in [1.82, 2.24) is 10.2 Å². The van der Waals surface area contributed by atoms with Gasteiger partial charge in [0.1, 0.15) is 24.0 Å². The number of carbonyl (C=O) groups is 2. The van der Waals surface area contributed by atoms with Crippen LogP contribution in [0.1, 0.15) is 17.5 Å². The van der Waals surface area contributed by atoms with Gasteiger partial charge in [0, 0.05) is 17.5 Å². The van der Waals surface area contributed by atoms with Crippen LogP contribution >= 0.6 is 23.2 Å². The van der Waals surface area contributed by atoms with E-state index in [1.54, 1.807) is 18.2 Å². The normalized spacial score (nSPS) is 21.8. The Balaban J connectivity index is 1.41. The van der Waals surface area contributed by atoms with E-state index in [2.05, 4.69) is 5.32 Å². The summed E-state index contributed by atoms with van der Waals surface area (Å²) in [6, 6.07) is 12.2. The number of amides is 3. The highest BCUT2D eigenvalue weighted by Gasteiger charge is 2.52. The predicted octanol–water partition coefficient (Wildman–Crippen LogP) is 3.21. The van der Waals surface area contributed by atoms with Crippen LogP contribution in [0.3, 0.4) is 0 Å².